The Hall–Kier alpha value is -0.570. The Balaban J connectivity index is 4.02. The predicted octanol–water partition coefficient (Wildman–Crippen LogP) is 0.872. The molecular formula is C9H19NO2. The molecule has 0 fully saturated rings. The summed E-state index contributed by atoms with van der Waals surface area (Å²) in [5, 5.41) is 9.56. The summed E-state index contributed by atoms with van der Waals surface area (Å²) in [6.45, 7) is 5.75. The van der Waals surface area contributed by atoms with E-state index < -0.39 is 6.10 Å². The molecule has 0 aromatic heterocycles. The van der Waals surface area contributed by atoms with E-state index in [4.69, 9.17) is 0 Å². The molecule has 0 aliphatic carbocycles. The van der Waals surface area contributed by atoms with Gasteiger partial charge in [-0.2, -0.15) is 0 Å². The van der Waals surface area contributed by atoms with Gasteiger partial charge in [-0.15, -0.1) is 0 Å². The lowest BCUT2D eigenvalue weighted by Crippen LogP contribution is -2.33. The maximum atomic E-state index is 11.2. The quantitative estimate of drug-likeness (QED) is 0.673. The maximum Gasteiger partial charge on any atom is 0.224 e. The summed E-state index contributed by atoms with van der Waals surface area (Å²) in [4.78, 5) is 12.7. The van der Waals surface area contributed by atoms with Crippen LogP contribution in [0.15, 0.2) is 0 Å². The largest absolute Gasteiger partial charge is 0.392 e. The molecule has 0 bridgehead atoms. The fourth-order valence-corrected chi connectivity index (χ4v) is 0.654. The standard InChI is InChI=1S/C9H19NO2/c1-9(2,3)7(11)6-8(12)10(4)5/h7,11H,6H2,1-5H3/t7-/m0/s1. The first-order valence-electron chi connectivity index (χ1n) is 4.13. The Morgan fingerprint density at radius 1 is 1.42 bits per heavy atom. The van der Waals surface area contributed by atoms with Gasteiger partial charge in [0.05, 0.1) is 12.5 Å². The van der Waals surface area contributed by atoms with Crippen LogP contribution in [0.1, 0.15) is 27.2 Å². The van der Waals surface area contributed by atoms with Crippen molar-refractivity contribution in [3.05, 3.63) is 0 Å². The van der Waals surface area contributed by atoms with Crippen LogP contribution >= 0.6 is 0 Å². The number of hydrogen-bond donors (Lipinski definition) is 1. The minimum Gasteiger partial charge on any atom is -0.392 e. The zero-order valence-corrected chi connectivity index (χ0v) is 8.59. The first kappa shape index (κ1) is 11.4. The van der Waals surface area contributed by atoms with Crippen LogP contribution in [0.3, 0.4) is 0 Å². The van der Waals surface area contributed by atoms with Crippen LogP contribution < -0.4 is 0 Å². The van der Waals surface area contributed by atoms with Crippen LogP contribution in [0.4, 0.5) is 0 Å². The minimum absolute atomic E-state index is 0.0302. The van der Waals surface area contributed by atoms with E-state index in [1.165, 1.54) is 4.90 Å². The summed E-state index contributed by atoms with van der Waals surface area (Å²) in [7, 11) is 3.38. The number of amides is 1. The molecule has 0 rings (SSSR count). The number of hydrogen-bond acceptors (Lipinski definition) is 2. The monoisotopic (exact) mass is 173 g/mol. The topological polar surface area (TPSA) is 40.5 Å². The first-order chi connectivity index (χ1) is 5.25. The van der Waals surface area contributed by atoms with E-state index in [-0.39, 0.29) is 17.7 Å². The third-order valence-corrected chi connectivity index (χ3v) is 1.87. The van der Waals surface area contributed by atoms with Gasteiger partial charge in [0.1, 0.15) is 0 Å². The fourth-order valence-electron chi connectivity index (χ4n) is 0.654. The van der Waals surface area contributed by atoms with E-state index in [1.807, 2.05) is 20.8 Å². The molecule has 0 heterocycles. The van der Waals surface area contributed by atoms with Crippen LogP contribution in [0.5, 0.6) is 0 Å². The van der Waals surface area contributed by atoms with Crippen molar-refractivity contribution in [3.63, 3.8) is 0 Å². The summed E-state index contributed by atoms with van der Waals surface area (Å²) in [5.41, 5.74) is -0.217. The molecule has 0 saturated carbocycles. The molecule has 1 atom stereocenters. The Kier molecular flexibility index (Phi) is 3.71. The third kappa shape index (κ3) is 3.72. The number of carbonyl (C=O) groups is 1. The molecule has 12 heavy (non-hydrogen) atoms. The van der Waals surface area contributed by atoms with Gasteiger partial charge in [0.15, 0.2) is 0 Å². The summed E-state index contributed by atoms with van der Waals surface area (Å²) in [6, 6.07) is 0. The third-order valence-electron chi connectivity index (χ3n) is 1.87. The SMILES string of the molecule is CN(C)C(=O)C[C@H](O)C(C)(C)C. The van der Waals surface area contributed by atoms with Gasteiger partial charge in [0.2, 0.25) is 5.91 Å². The molecular weight excluding hydrogens is 154 g/mol. The highest BCUT2D eigenvalue weighted by atomic mass is 16.3. The molecule has 0 aromatic rings. The molecule has 0 unspecified atom stereocenters. The molecule has 1 N–H and O–H groups in total. The molecule has 1 amide bonds. The van der Waals surface area contributed by atoms with Crippen molar-refractivity contribution >= 4 is 5.91 Å². The molecule has 0 spiro atoms. The molecule has 0 aliphatic rings. The molecule has 3 nitrogen and oxygen atoms in total. The van der Waals surface area contributed by atoms with Gasteiger partial charge in [0.25, 0.3) is 0 Å². The zero-order chi connectivity index (χ0) is 9.94. The number of nitrogens with zero attached hydrogens (tertiary/aromatic N) is 1. The minimum atomic E-state index is -0.563. The lowest BCUT2D eigenvalue weighted by molar-refractivity contribution is -0.132. The molecule has 0 saturated heterocycles. The fraction of sp³-hybridized carbons (Fsp3) is 0.889. The van der Waals surface area contributed by atoms with Crippen molar-refractivity contribution in [2.24, 2.45) is 5.41 Å². The Morgan fingerprint density at radius 3 is 2.08 bits per heavy atom. The number of aliphatic hydroxyl groups excluding tert-OH is 1. The first-order valence-corrected chi connectivity index (χ1v) is 4.13. The van der Waals surface area contributed by atoms with Gasteiger partial charge in [-0.05, 0) is 5.41 Å². The van der Waals surface area contributed by atoms with Crippen molar-refractivity contribution in [1.29, 1.82) is 0 Å². The average Bonchev–Trinajstić information content (AvgIpc) is 1.85. The lowest BCUT2D eigenvalue weighted by atomic mass is 9.87. The van der Waals surface area contributed by atoms with E-state index in [0.29, 0.717) is 0 Å². The summed E-state index contributed by atoms with van der Waals surface area (Å²) < 4.78 is 0. The molecule has 0 aliphatic heterocycles. The van der Waals surface area contributed by atoms with Crippen LogP contribution in [0.25, 0.3) is 0 Å². The van der Waals surface area contributed by atoms with E-state index in [1.54, 1.807) is 14.1 Å². The van der Waals surface area contributed by atoms with Gasteiger partial charge in [-0.25, -0.2) is 0 Å². The van der Waals surface area contributed by atoms with E-state index >= 15 is 0 Å². The predicted molar refractivity (Wildman–Crippen MR) is 48.8 cm³/mol. The summed E-state index contributed by atoms with van der Waals surface area (Å²) >= 11 is 0. The van der Waals surface area contributed by atoms with Crippen molar-refractivity contribution in [2.45, 2.75) is 33.3 Å². The van der Waals surface area contributed by atoms with Crippen molar-refractivity contribution in [3.8, 4) is 0 Å². The Morgan fingerprint density at radius 2 is 1.83 bits per heavy atom. The summed E-state index contributed by atoms with van der Waals surface area (Å²) in [5.74, 6) is -0.0302. The second kappa shape index (κ2) is 3.90. The maximum absolute atomic E-state index is 11.2. The Bertz CT molecular complexity index is 158. The van der Waals surface area contributed by atoms with Gasteiger partial charge in [0, 0.05) is 14.1 Å². The molecule has 3 heteroatoms. The highest BCUT2D eigenvalue weighted by molar-refractivity contribution is 5.76. The number of carbonyl (C=O) groups excluding carboxylic acids is 1. The molecule has 0 radical (unpaired) electrons. The second-order valence-corrected chi connectivity index (χ2v) is 4.37. The van der Waals surface area contributed by atoms with Gasteiger partial charge in [-0.1, -0.05) is 20.8 Å². The molecule has 72 valence electrons. The average molecular weight is 173 g/mol. The number of rotatable bonds is 2. The van der Waals surface area contributed by atoms with Crippen molar-refractivity contribution in [1.82, 2.24) is 4.90 Å². The van der Waals surface area contributed by atoms with Crippen LogP contribution in [-0.2, 0) is 4.79 Å². The van der Waals surface area contributed by atoms with Gasteiger partial charge >= 0.3 is 0 Å². The van der Waals surface area contributed by atoms with Crippen LogP contribution in [0, 0.1) is 5.41 Å². The van der Waals surface area contributed by atoms with Crippen LogP contribution in [0.2, 0.25) is 0 Å². The highest BCUT2D eigenvalue weighted by Gasteiger charge is 2.24. The molecule has 0 aromatic carbocycles. The van der Waals surface area contributed by atoms with E-state index in [9.17, 15) is 9.90 Å². The highest BCUT2D eigenvalue weighted by Crippen LogP contribution is 2.21. The Labute approximate surface area is 74.4 Å². The number of aliphatic hydroxyl groups is 1. The van der Waals surface area contributed by atoms with Gasteiger partial charge in [-0.3, -0.25) is 4.79 Å². The summed E-state index contributed by atoms with van der Waals surface area (Å²) in [6.07, 6.45) is -0.358. The van der Waals surface area contributed by atoms with Crippen molar-refractivity contribution < 1.29 is 9.90 Å². The smallest absolute Gasteiger partial charge is 0.224 e. The second-order valence-electron chi connectivity index (χ2n) is 4.37. The van der Waals surface area contributed by atoms with E-state index in [2.05, 4.69) is 0 Å². The van der Waals surface area contributed by atoms with Crippen molar-refractivity contribution in [2.75, 3.05) is 14.1 Å². The van der Waals surface area contributed by atoms with Gasteiger partial charge < -0.3 is 10.0 Å². The normalized spacial score (nSPS) is 14.2. The van der Waals surface area contributed by atoms with E-state index in [0.717, 1.165) is 0 Å². The van der Waals surface area contributed by atoms with Crippen LogP contribution in [-0.4, -0.2) is 36.1 Å². The lowest BCUT2D eigenvalue weighted by Gasteiger charge is -2.26. The zero-order valence-electron chi connectivity index (χ0n) is 8.59.